The number of pyridine rings is 1. The summed E-state index contributed by atoms with van der Waals surface area (Å²) in [4.78, 5) is 35.1. The highest BCUT2D eigenvalue weighted by atomic mass is 32.1. The molecule has 0 aliphatic carbocycles. The van der Waals surface area contributed by atoms with E-state index in [9.17, 15) is 18.4 Å². The molecule has 0 saturated carbocycles. The van der Waals surface area contributed by atoms with E-state index in [0.717, 1.165) is 11.1 Å². The van der Waals surface area contributed by atoms with E-state index in [1.807, 2.05) is 52.0 Å². The predicted octanol–water partition coefficient (Wildman–Crippen LogP) is 6.74. The lowest BCUT2D eigenvalue weighted by atomic mass is 10.0. The molecule has 1 aliphatic heterocycles. The molecule has 2 aromatic heterocycles. The Morgan fingerprint density at radius 3 is 2.49 bits per heavy atom. The first kappa shape index (κ1) is 30.3. The summed E-state index contributed by atoms with van der Waals surface area (Å²) in [6.45, 7) is 10.5. The van der Waals surface area contributed by atoms with Crippen molar-refractivity contribution in [3.63, 3.8) is 0 Å². The van der Waals surface area contributed by atoms with Crippen molar-refractivity contribution >= 4 is 23.3 Å². The van der Waals surface area contributed by atoms with Crippen LogP contribution in [0.25, 0.3) is 33.6 Å². The van der Waals surface area contributed by atoms with Crippen LogP contribution in [0.5, 0.6) is 5.75 Å². The van der Waals surface area contributed by atoms with Crippen LogP contribution in [-0.2, 0) is 0 Å². The summed E-state index contributed by atoms with van der Waals surface area (Å²) in [5.41, 5.74) is 4.32. The van der Waals surface area contributed by atoms with Gasteiger partial charge in [0.05, 0.1) is 34.8 Å². The van der Waals surface area contributed by atoms with Crippen molar-refractivity contribution in [3.8, 4) is 33.3 Å². The van der Waals surface area contributed by atoms with Crippen molar-refractivity contribution in [2.24, 2.45) is 0 Å². The van der Waals surface area contributed by atoms with Gasteiger partial charge in [0.2, 0.25) is 0 Å². The van der Waals surface area contributed by atoms with Crippen LogP contribution < -0.4 is 15.6 Å². The molecule has 0 bridgehead atoms. The smallest absolute Gasteiger partial charge is 0.266 e. The number of ether oxygens (including phenoxy) is 1. The molecular formula is C33H34F2N4O3S. The van der Waals surface area contributed by atoms with E-state index < -0.39 is 6.43 Å². The average Bonchev–Trinajstić information content (AvgIpc) is 3.48. The molecule has 3 heterocycles. The number of aryl methyl sites for hydroxylation is 1. The van der Waals surface area contributed by atoms with Crippen LogP contribution in [0.1, 0.15) is 54.4 Å². The third-order valence-electron chi connectivity index (χ3n) is 7.15. The second kappa shape index (κ2) is 13.0. The van der Waals surface area contributed by atoms with Gasteiger partial charge in [0.15, 0.2) is 0 Å². The molecular weight excluding hydrogens is 570 g/mol. The van der Waals surface area contributed by atoms with E-state index in [2.05, 4.69) is 5.32 Å². The zero-order valence-electron chi connectivity index (χ0n) is 24.6. The van der Waals surface area contributed by atoms with Crippen molar-refractivity contribution in [1.82, 2.24) is 19.8 Å². The molecule has 4 aromatic rings. The molecule has 1 aliphatic rings. The highest BCUT2D eigenvalue weighted by Crippen LogP contribution is 2.33. The number of allylic oxidation sites excluding steroid dienone is 1. The van der Waals surface area contributed by atoms with Crippen LogP contribution in [-0.4, -0.2) is 53.1 Å². The van der Waals surface area contributed by atoms with E-state index in [4.69, 9.17) is 9.72 Å². The van der Waals surface area contributed by atoms with E-state index in [1.54, 1.807) is 33.0 Å². The van der Waals surface area contributed by atoms with Gasteiger partial charge in [-0.1, -0.05) is 35.9 Å². The fraction of sp³-hybridized carbons (Fsp3) is 0.303. The molecule has 5 rings (SSSR count). The molecule has 0 unspecified atom stereocenters. The van der Waals surface area contributed by atoms with Crippen molar-refractivity contribution in [2.75, 3.05) is 32.8 Å². The number of amides is 1. The molecule has 0 atom stereocenters. The Morgan fingerprint density at radius 1 is 1.12 bits per heavy atom. The number of rotatable bonds is 8. The normalized spacial score (nSPS) is 13.3. The Hall–Kier alpha value is -4.15. The number of hydrogen-bond acceptors (Lipinski definition) is 6. The first-order valence-corrected chi connectivity index (χ1v) is 15.1. The second-order valence-corrected chi connectivity index (χ2v) is 11.5. The topological polar surface area (TPSA) is 76.5 Å². The first-order valence-electron chi connectivity index (χ1n) is 14.2. The summed E-state index contributed by atoms with van der Waals surface area (Å²) in [6.07, 6.45) is -0.705. The summed E-state index contributed by atoms with van der Waals surface area (Å²) >= 11 is 1.27. The zero-order valence-corrected chi connectivity index (χ0v) is 25.4. The number of thiazole rings is 1. The van der Waals surface area contributed by atoms with Gasteiger partial charge >= 0.3 is 0 Å². The monoisotopic (exact) mass is 604 g/mol. The molecule has 1 amide bonds. The van der Waals surface area contributed by atoms with Gasteiger partial charge in [0, 0.05) is 42.7 Å². The quantitative estimate of drug-likeness (QED) is 0.241. The molecule has 0 spiro atoms. The van der Waals surface area contributed by atoms with E-state index in [-0.39, 0.29) is 22.6 Å². The van der Waals surface area contributed by atoms with Gasteiger partial charge in [-0.2, -0.15) is 0 Å². The van der Waals surface area contributed by atoms with Crippen LogP contribution >= 0.6 is 11.3 Å². The fourth-order valence-corrected chi connectivity index (χ4v) is 5.89. The molecule has 0 radical (unpaired) electrons. The number of aromatic nitrogens is 2. The van der Waals surface area contributed by atoms with Gasteiger partial charge < -0.3 is 15.0 Å². The highest BCUT2D eigenvalue weighted by Gasteiger charge is 2.27. The third kappa shape index (κ3) is 6.45. The number of nitrogens with one attached hydrogen (secondary N) is 1. The van der Waals surface area contributed by atoms with Gasteiger partial charge in [0.25, 0.3) is 17.9 Å². The van der Waals surface area contributed by atoms with Crippen LogP contribution in [0.4, 0.5) is 8.78 Å². The molecule has 10 heteroatoms. The standard InChI is InChI=1S/C33H34F2N4O3S/c1-5-42-29-11-6-21(4)17-28(29)39-27(16-20(2)3)24(32(40)38-14-12-36-13-15-38)18-25(33(39)41)31-37-26(19-43-31)22-7-9-23(10-8-22)30(34)35/h6-11,16-19,30,36H,5,12-15H2,1-4H3. The van der Waals surface area contributed by atoms with E-state index in [1.165, 1.54) is 23.5 Å². The largest absolute Gasteiger partial charge is 0.492 e. The average molecular weight is 605 g/mol. The minimum absolute atomic E-state index is 0.0729. The molecule has 7 nitrogen and oxygen atoms in total. The minimum Gasteiger partial charge on any atom is -0.492 e. The van der Waals surface area contributed by atoms with E-state index in [0.29, 0.717) is 71.7 Å². The van der Waals surface area contributed by atoms with Gasteiger partial charge in [-0.15, -0.1) is 11.3 Å². The van der Waals surface area contributed by atoms with Crippen LogP contribution in [0.2, 0.25) is 0 Å². The maximum Gasteiger partial charge on any atom is 0.266 e. The number of benzene rings is 2. The van der Waals surface area contributed by atoms with Crippen molar-refractivity contribution < 1.29 is 18.3 Å². The highest BCUT2D eigenvalue weighted by molar-refractivity contribution is 7.13. The van der Waals surface area contributed by atoms with Crippen molar-refractivity contribution in [3.05, 3.63) is 92.2 Å². The van der Waals surface area contributed by atoms with Gasteiger partial charge in [0.1, 0.15) is 10.8 Å². The zero-order chi connectivity index (χ0) is 30.7. The van der Waals surface area contributed by atoms with Gasteiger partial charge in [-0.3, -0.25) is 14.2 Å². The summed E-state index contributed by atoms with van der Waals surface area (Å²) < 4.78 is 33.7. The SMILES string of the molecule is CCOc1ccc(C)cc1-n1c(C=C(C)C)c(C(=O)N2CCNCC2)cc(-c2nc(-c3ccc(C(F)F)cc3)cs2)c1=O. The lowest BCUT2D eigenvalue weighted by Crippen LogP contribution is -2.47. The molecule has 1 N–H and O–H groups in total. The number of alkyl halides is 2. The predicted molar refractivity (Wildman–Crippen MR) is 168 cm³/mol. The Labute approximate surface area is 253 Å². The summed E-state index contributed by atoms with van der Waals surface area (Å²) in [5.74, 6) is 0.351. The summed E-state index contributed by atoms with van der Waals surface area (Å²) in [7, 11) is 0. The molecule has 43 heavy (non-hydrogen) atoms. The number of nitrogens with zero attached hydrogens (tertiary/aromatic N) is 3. The molecule has 224 valence electrons. The van der Waals surface area contributed by atoms with Crippen molar-refractivity contribution in [2.45, 2.75) is 34.1 Å². The Morgan fingerprint density at radius 2 is 1.84 bits per heavy atom. The Bertz CT molecular complexity index is 1720. The number of hydrogen-bond donors (Lipinski definition) is 1. The maximum atomic E-state index is 14.5. The van der Waals surface area contributed by atoms with Crippen molar-refractivity contribution in [1.29, 1.82) is 0 Å². The fourth-order valence-electron chi connectivity index (χ4n) is 5.06. The first-order chi connectivity index (χ1) is 20.7. The summed E-state index contributed by atoms with van der Waals surface area (Å²) in [5, 5.41) is 5.49. The Kier molecular flexibility index (Phi) is 9.17. The van der Waals surface area contributed by atoms with Crippen LogP contribution in [0, 0.1) is 6.92 Å². The van der Waals surface area contributed by atoms with E-state index >= 15 is 0 Å². The van der Waals surface area contributed by atoms with Gasteiger partial charge in [-0.05, 0) is 57.5 Å². The molecule has 1 saturated heterocycles. The van der Waals surface area contributed by atoms with Gasteiger partial charge in [-0.25, -0.2) is 13.8 Å². The number of piperazine rings is 1. The molecule has 2 aromatic carbocycles. The third-order valence-corrected chi connectivity index (χ3v) is 8.02. The molecule has 1 fully saturated rings. The second-order valence-electron chi connectivity index (χ2n) is 10.6. The van der Waals surface area contributed by atoms with Crippen LogP contribution in [0.15, 0.2) is 64.3 Å². The maximum absolute atomic E-state index is 14.5. The Balaban J connectivity index is 1.76. The lowest BCUT2D eigenvalue weighted by molar-refractivity contribution is 0.0735. The van der Waals surface area contributed by atoms with Crippen LogP contribution in [0.3, 0.4) is 0 Å². The minimum atomic E-state index is -2.56. The number of halogens is 2. The summed E-state index contributed by atoms with van der Waals surface area (Å²) in [6, 6.07) is 13.2. The lowest BCUT2D eigenvalue weighted by Gasteiger charge is -2.29. The number of carbonyl (C=O) groups excluding carboxylic acids is 1. The number of carbonyl (C=O) groups is 1.